The van der Waals surface area contributed by atoms with Gasteiger partial charge in [0.15, 0.2) is 0 Å². The molecule has 3 aromatic rings. The molecule has 4 nitrogen and oxygen atoms in total. The van der Waals surface area contributed by atoms with Crippen molar-refractivity contribution in [2.75, 3.05) is 13.7 Å². The molecule has 29 heavy (non-hydrogen) atoms. The normalized spacial score (nSPS) is 14.4. The van der Waals surface area contributed by atoms with Gasteiger partial charge in [-0.1, -0.05) is 48.9 Å². The zero-order valence-electron chi connectivity index (χ0n) is 16.5. The van der Waals surface area contributed by atoms with Crippen molar-refractivity contribution in [3.8, 4) is 16.3 Å². The quantitative estimate of drug-likeness (QED) is 0.560. The molecule has 0 aliphatic carbocycles. The lowest BCUT2D eigenvalue weighted by atomic mass is 9.99. The van der Waals surface area contributed by atoms with Crippen LogP contribution < -0.4 is 4.74 Å². The molecule has 1 amide bonds. The van der Waals surface area contributed by atoms with Gasteiger partial charge in [-0.15, -0.1) is 11.3 Å². The van der Waals surface area contributed by atoms with Gasteiger partial charge >= 0.3 is 0 Å². The molecule has 1 aliphatic rings. The van der Waals surface area contributed by atoms with E-state index < -0.39 is 0 Å². The van der Waals surface area contributed by atoms with E-state index in [-0.39, 0.29) is 11.8 Å². The highest BCUT2D eigenvalue weighted by molar-refractivity contribution is 7.15. The Kier molecular flexibility index (Phi) is 5.88. The number of amides is 1. The topological polar surface area (TPSA) is 42.4 Å². The molecule has 0 N–H and O–H groups in total. The van der Waals surface area contributed by atoms with E-state index in [0.29, 0.717) is 19.5 Å². The number of aromatic nitrogens is 1. The van der Waals surface area contributed by atoms with E-state index >= 15 is 0 Å². The van der Waals surface area contributed by atoms with Gasteiger partial charge in [0.2, 0.25) is 5.91 Å². The van der Waals surface area contributed by atoms with Crippen LogP contribution in [0.2, 0.25) is 5.02 Å². The molecule has 150 valence electrons. The molecule has 0 saturated carbocycles. The maximum Gasteiger partial charge on any atom is 0.226 e. The van der Waals surface area contributed by atoms with Crippen LogP contribution in [0.15, 0.2) is 48.5 Å². The van der Waals surface area contributed by atoms with Crippen LogP contribution in [0.1, 0.15) is 23.1 Å². The molecule has 1 aromatic heterocycles. The van der Waals surface area contributed by atoms with Crippen molar-refractivity contribution < 1.29 is 9.53 Å². The van der Waals surface area contributed by atoms with Gasteiger partial charge in [0.1, 0.15) is 10.8 Å². The molecule has 6 heteroatoms. The third-order valence-corrected chi connectivity index (χ3v) is 6.77. The maximum atomic E-state index is 13.0. The van der Waals surface area contributed by atoms with E-state index in [4.69, 9.17) is 21.3 Å². The monoisotopic (exact) mass is 426 g/mol. The standard InChI is InChI=1S/C23H23ClN2O2S/c1-15(12-16-6-3-4-9-19(16)24)23(27)26-11-10-20-21(14-26)29-22(25-20)17-7-5-8-18(13-17)28-2/h3-9,13,15H,10-12,14H2,1-2H3/t15-/m0/s1. The number of rotatable bonds is 5. The second-order valence-corrected chi connectivity index (χ2v) is 8.82. The number of thiazole rings is 1. The molecule has 1 aliphatic heterocycles. The summed E-state index contributed by atoms with van der Waals surface area (Å²) in [5.41, 5.74) is 3.18. The molecule has 1 atom stereocenters. The third kappa shape index (κ3) is 4.31. The van der Waals surface area contributed by atoms with Crippen LogP contribution in [0.5, 0.6) is 5.75 Å². The second kappa shape index (κ2) is 8.56. The largest absolute Gasteiger partial charge is 0.497 e. The van der Waals surface area contributed by atoms with Gasteiger partial charge in [-0.3, -0.25) is 4.79 Å². The predicted octanol–water partition coefficient (Wildman–Crippen LogP) is 5.24. The number of carbonyl (C=O) groups is 1. The fourth-order valence-electron chi connectivity index (χ4n) is 3.66. The van der Waals surface area contributed by atoms with Gasteiger partial charge in [0, 0.05) is 34.3 Å². The number of halogens is 1. The van der Waals surface area contributed by atoms with E-state index in [2.05, 4.69) is 0 Å². The summed E-state index contributed by atoms with van der Waals surface area (Å²) in [6.07, 6.45) is 1.44. The van der Waals surface area contributed by atoms with Crippen LogP contribution in [0, 0.1) is 5.92 Å². The number of hydrogen-bond acceptors (Lipinski definition) is 4. The Morgan fingerprint density at radius 3 is 2.90 bits per heavy atom. The van der Waals surface area contributed by atoms with Crippen molar-refractivity contribution in [3.05, 3.63) is 69.7 Å². The highest BCUT2D eigenvalue weighted by Gasteiger charge is 2.27. The Bertz CT molecular complexity index is 1030. The lowest BCUT2D eigenvalue weighted by Crippen LogP contribution is -2.39. The molecular weight excluding hydrogens is 404 g/mol. The number of benzene rings is 2. The van der Waals surface area contributed by atoms with Gasteiger partial charge in [-0.25, -0.2) is 4.98 Å². The number of nitrogens with zero attached hydrogens (tertiary/aromatic N) is 2. The first kappa shape index (κ1) is 19.9. The van der Waals surface area contributed by atoms with E-state index in [1.807, 2.05) is 60.4 Å². The third-order valence-electron chi connectivity index (χ3n) is 5.27. The van der Waals surface area contributed by atoms with Crippen molar-refractivity contribution in [2.45, 2.75) is 26.3 Å². The highest BCUT2D eigenvalue weighted by Crippen LogP contribution is 2.33. The van der Waals surface area contributed by atoms with E-state index in [0.717, 1.165) is 39.0 Å². The highest BCUT2D eigenvalue weighted by atomic mass is 35.5. The molecule has 4 rings (SSSR count). The van der Waals surface area contributed by atoms with Gasteiger partial charge in [-0.2, -0.15) is 0 Å². The summed E-state index contributed by atoms with van der Waals surface area (Å²) in [5, 5.41) is 1.70. The summed E-state index contributed by atoms with van der Waals surface area (Å²) < 4.78 is 5.33. The SMILES string of the molecule is COc1cccc(-c2nc3c(s2)CN(C(=O)[C@@H](C)Cc2ccccc2Cl)CC3)c1. The number of methoxy groups -OCH3 is 1. The molecule has 0 fully saturated rings. The lowest BCUT2D eigenvalue weighted by molar-refractivity contribution is -0.135. The molecular formula is C23H23ClN2O2S. The zero-order chi connectivity index (χ0) is 20.4. The average Bonchev–Trinajstić information content (AvgIpc) is 3.18. The van der Waals surface area contributed by atoms with Gasteiger partial charge < -0.3 is 9.64 Å². The minimum Gasteiger partial charge on any atom is -0.497 e. The second-order valence-electron chi connectivity index (χ2n) is 7.33. The van der Waals surface area contributed by atoms with Crippen molar-refractivity contribution in [2.24, 2.45) is 5.92 Å². The van der Waals surface area contributed by atoms with Crippen LogP contribution in [-0.2, 0) is 24.2 Å². The molecule has 0 unspecified atom stereocenters. The fraction of sp³-hybridized carbons (Fsp3) is 0.304. The Hall–Kier alpha value is -2.37. The van der Waals surface area contributed by atoms with Crippen molar-refractivity contribution in [1.82, 2.24) is 9.88 Å². The fourth-order valence-corrected chi connectivity index (χ4v) is 4.99. The van der Waals surface area contributed by atoms with Gasteiger partial charge in [-0.05, 0) is 30.2 Å². The number of carbonyl (C=O) groups excluding carboxylic acids is 1. The number of fused-ring (bicyclic) bond motifs is 1. The Labute approximate surface area is 180 Å². The molecule has 2 heterocycles. The number of hydrogen-bond donors (Lipinski definition) is 0. The van der Waals surface area contributed by atoms with Crippen LogP contribution in [0.3, 0.4) is 0 Å². The summed E-state index contributed by atoms with van der Waals surface area (Å²) in [6.45, 7) is 3.32. The maximum absolute atomic E-state index is 13.0. The minimum atomic E-state index is -0.109. The van der Waals surface area contributed by atoms with Gasteiger partial charge in [0.25, 0.3) is 0 Å². The molecule has 0 bridgehead atoms. The van der Waals surface area contributed by atoms with E-state index in [9.17, 15) is 4.79 Å². The van der Waals surface area contributed by atoms with Crippen molar-refractivity contribution in [1.29, 1.82) is 0 Å². The molecule has 2 aromatic carbocycles. The zero-order valence-corrected chi connectivity index (χ0v) is 18.1. The molecule has 0 radical (unpaired) electrons. The van der Waals surface area contributed by atoms with Crippen LogP contribution in [-0.4, -0.2) is 29.4 Å². The lowest BCUT2D eigenvalue weighted by Gasteiger charge is -2.28. The van der Waals surface area contributed by atoms with Crippen LogP contribution in [0.25, 0.3) is 10.6 Å². The van der Waals surface area contributed by atoms with Crippen LogP contribution in [0.4, 0.5) is 0 Å². The Morgan fingerprint density at radius 1 is 1.28 bits per heavy atom. The summed E-state index contributed by atoms with van der Waals surface area (Å²) in [6, 6.07) is 15.7. The first-order chi connectivity index (χ1) is 14.0. The first-order valence-corrected chi connectivity index (χ1v) is 10.9. The summed E-state index contributed by atoms with van der Waals surface area (Å²) in [7, 11) is 1.67. The van der Waals surface area contributed by atoms with Crippen molar-refractivity contribution >= 4 is 28.8 Å². The van der Waals surface area contributed by atoms with Crippen LogP contribution >= 0.6 is 22.9 Å². The van der Waals surface area contributed by atoms with Crippen molar-refractivity contribution in [3.63, 3.8) is 0 Å². The Balaban J connectivity index is 1.47. The average molecular weight is 427 g/mol. The predicted molar refractivity (Wildman–Crippen MR) is 118 cm³/mol. The minimum absolute atomic E-state index is 0.109. The van der Waals surface area contributed by atoms with Gasteiger partial charge in [0.05, 0.1) is 19.3 Å². The first-order valence-electron chi connectivity index (χ1n) is 9.70. The number of ether oxygens (including phenoxy) is 1. The Morgan fingerprint density at radius 2 is 2.10 bits per heavy atom. The summed E-state index contributed by atoms with van der Waals surface area (Å²) in [4.78, 5) is 21.0. The van der Waals surface area contributed by atoms with E-state index in [1.54, 1.807) is 18.4 Å². The summed E-state index contributed by atoms with van der Waals surface area (Å²) >= 11 is 7.93. The van der Waals surface area contributed by atoms with E-state index in [1.165, 1.54) is 4.88 Å². The smallest absolute Gasteiger partial charge is 0.226 e. The molecule has 0 spiro atoms. The molecule has 0 saturated heterocycles. The summed E-state index contributed by atoms with van der Waals surface area (Å²) in [5.74, 6) is 0.884.